The van der Waals surface area contributed by atoms with E-state index in [0.717, 1.165) is 77.0 Å². The molecule has 0 aliphatic rings. The van der Waals surface area contributed by atoms with Crippen molar-refractivity contribution in [2.24, 2.45) is 0 Å². The number of esters is 3. The van der Waals surface area contributed by atoms with Crippen LogP contribution in [0, 0.1) is 0 Å². The summed E-state index contributed by atoms with van der Waals surface area (Å²) < 4.78 is 16.8. The number of ether oxygens (including phenoxy) is 3. The Morgan fingerprint density at radius 1 is 0.303 bits per heavy atom. The lowest BCUT2D eigenvalue weighted by Crippen LogP contribution is -2.30. The third-order valence-electron chi connectivity index (χ3n) is 12.6. The van der Waals surface area contributed by atoms with Crippen LogP contribution < -0.4 is 0 Å². The first-order chi connectivity index (χ1) is 32.5. The summed E-state index contributed by atoms with van der Waals surface area (Å²) >= 11 is 0. The second kappa shape index (κ2) is 55.0. The number of rotatable bonds is 52. The molecule has 1 unspecified atom stereocenters. The van der Waals surface area contributed by atoms with E-state index in [1.807, 2.05) is 0 Å². The van der Waals surface area contributed by atoms with Crippen LogP contribution in [0.3, 0.4) is 0 Å². The summed E-state index contributed by atoms with van der Waals surface area (Å²) in [6, 6.07) is 0. The molecule has 0 bridgehead atoms. The average Bonchev–Trinajstić information content (AvgIpc) is 3.31. The van der Waals surface area contributed by atoms with Crippen LogP contribution in [0.15, 0.2) is 48.6 Å². The topological polar surface area (TPSA) is 78.9 Å². The van der Waals surface area contributed by atoms with Crippen LogP contribution in [0.2, 0.25) is 0 Å². The van der Waals surface area contributed by atoms with Gasteiger partial charge < -0.3 is 14.2 Å². The van der Waals surface area contributed by atoms with Gasteiger partial charge in [-0.25, -0.2) is 0 Å². The van der Waals surface area contributed by atoms with Crippen molar-refractivity contribution in [1.82, 2.24) is 0 Å². The second-order valence-corrected chi connectivity index (χ2v) is 19.2. The van der Waals surface area contributed by atoms with Crippen LogP contribution in [0.1, 0.15) is 297 Å². The summed E-state index contributed by atoms with van der Waals surface area (Å²) in [4.78, 5) is 38.0. The fourth-order valence-electron chi connectivity index (χ4n) is 8.21. The van der Waals surface area contributed by atoms with E-state index in [4.69, 9.17) is 14.2 Å². The largest absolute Gasteiger partial charge is 0.462 e. The second-order valence-electron chi connectivity index (χ2n) is 19.2. The molecule has 0 aliphatic carbocycles. The van der Waals surface area contributed by atoms with Crippen molar-refractivity contribution in [3.05, 3.63) is 48.6 Å². The van der Waals surface area contributed by atoms with Crippen LogP contribution in [-0.2, 0) is 28.6 Å². The zero-order valence-corrected chi connectivity index (χ0v) is 44.0. The van der Waals surface area contributed by atoms with Crippen molar-refractivity contribution < 1.29 is 28.6 Å². The van der Waals surface area contributed by atoms with Crippen LogP contribution in [0.5, 0.6) is 0 Å². The van der Waals surface area contributed by atoms with Gasteiger partial charge >= 0.3 is 17.9 Å². The Labute approximate surface area is 409 Å². The molecule has 0 aromatic rings. The summed E-state index contributed by atoms with van der Waals surface area (Å²) in [7, 11) is 0. The van der Waals surface area contributed by atoms with E-state index >= 15 is 0 Å². The van der Waals surface area contributed by atoms with Gasteiger partial charge in [0.05, 0.1) is 0 Å². The van der Waals surface area contributed by atoms with Gasteiger partial charge in [0, 0.05) is 19.3 Å². The van der Waals surface area contributed by atoms with E-state index in [9.17, 15) is 14.4 Å². The Morgan fingerprint density at radius 3 is 0.864 bits per heavy atom. The molecule has 0 heterocycles. The van der Waals surface area contributed by atoms with E-state index in [0.29, 0.717) is 19.3 Å². The Bertz CT molecular complexity index is 1150. The first-order valence-electron chi connectivity index (χ1n) is 28.6. The Hall–Kier alpha value is -2.63. The van der Waals surface area contributed by atoms with Crippen molar-refractivity contribution in [2.45, 2.75) is 303 Å². The normalized spacial score (nSPS) is 12.3. The van der Waals surface area contributed by atoms with Gasteiger partial charge in [-0.2, -0.15) is 0 Å². The molecule has 384 valence electrons. The van der Waals surface area contributed by atoms with Gasteiger partial charge in [0.25, 0.3) is 0 Å². The Balaban J connectivity index is 4.23. The van der Waals surface area contributed by atoms with Crippen molar-refractivity contribution in [2.75, 3.05) is 13.2 Å². The summed E-state index contributed by atoms with van der Waals surface area (Å²) in [5, 5.41) is 0. The first-order valence-corrected chi connectivity index (χ1v) is 28.6. The van der Waals surface area contributed by atoms with E-state index in [2.05, 4.69) is 69.4 Å². The Morgan fingerprint density at radius 2 is 0.545 bits per heavy atom. The monoisotopic (exact) mass is 925 g/mol. The molecule has 6 heteroatoms. The van der Waals surface area contributed by atoms with Crippen molar-refractivity contribution in [3.8, 4) is 0 Å². The van der Waals surface area contributed by atoms with Crippen LogP contribution in [0.25, 0.3) is 0 Å². The molecule has 0 rings (SSSR count). The summed E-state index contributed by atoms with van der Waals surface area (Å²) in [6.45, 7) is 6.61. The molecular weight excluding hydrogens is 817 g/mol. The van der Waals surface area contributed by atoms with Crippen LogP contribution >= 0.6 is 0 Å². The molecule has 0 saturated carbocycles. The maximum absolute atomic E-state index is 12.8. The minimum atomic E-state index is -0.775. The smallest absolute Gasteiger partial charge is 0.306 e. The first kappa shape index (κ1) is 63.4. The lowest BCUT2D eigenvalue weighted by Gasteiger charge is -2.18. The molecule has 6 nitrogen and oxygen atoms in total. The molecule has 0 amide bonds. The molecule has 0 saturated heterocycles. The molecule has 0 aromatic carbocycles. The number of hydrogen-bond donors (Lipinski definition) is 0. The number of carbonyl (C=O) groups is 3. The maximum atomic E-state index is 12.8. The fraction of sp³-hybridized carbons (Fsp3) is 0.817. The van der Waals surface area contributed by atoms with Gasteiger partial charge in [-0.05, 0) is 83.5 Å². The van der Waals surface area contributed by atoms with Gasteiger partial charge in [-0.15, -0.1) is 0 Å². The number of allylic oxidation sites excluding steroid dienone is 8. The molecule has 1 atom stereocenters. The van der Waals surface area contributed by atoms with Gasteiger partial charge in [-0.1, -0.05) is 243 Å². The highest BCUT2D eigenvalue weighted by atomic mass is 16.6. The molecule has 66 heavy (non-hydrogen) atoms. The van der Waals surface area contributed by atoms with Crippen LogP contribution in [0.4, 0.5) is 0 Å². The molecule has 0 aliphatic heterocycles. The highest BCUT2D eigenvalue weighted by Gasteiger charge is 2.19. The fourth-order valence-corrected chi connectivity index (χ4v) is 8.21. The lowest BCUT2D eigenvalue weighted by atomic mass is 10.1. The molecule has 0 radical (unpaired) electrons. The quantitative estimate of drug-likeness (QED) is 0.0262. The molecule has 0 spiro atoms. The van der Waals surface area contributed by atoms with E-state index in [1.54, 1.807) is 0 Å². The predicted octanol–water partition coefficient (Wildman–Crippen LogP) is 19.0. The molecular formula is C60H108O6. The number of carbonyl (C=O) groups excluding carboxylic acids is 3. The SMILES string of the molecule is CCCCCCC/C=C\C/C=C\C/C=C\CCCCCCCCCCC(=O)OCC(COC(=O)CCCCCCCCCC)OC(=O)CCCCCCCCC/C=C\CCCCCCCC. The van der Waals surface area contributed by atoms with Gasteiger partial charge in [0.2, 0.25) is 0 Å². The highest BCUT2D eigenvalue weighted by Crippen LogP contribution is 2.15. The zero-order valence-electron chi connectivity index (χ0n) is 44.0. The lowest BCUT2D eigenvalue weighted by molar-refractivity contribution is -0.167. The zero-order chi connectivity index (χ0) is 47.9. The maximum Gasteiger partial charge on any atom is 0.306 e. The van der Waals surface area contributed by atoms with E-state index in [-0.39, 0.29) is 31.1 Å². The van der Waals surface area contributed by atoms with E-state index < -0.39 is 6.10 Å². The average molecular weight is 926 g/mol. The van der Waals surface area contributed by atoms with Crippen molar-refractivity contribution in [3.63, 3.8) is 0 Å². The number of hydrogen-bond acceptors (Lipinski definition) is 6. The predicted molar refractivity (Wildman–Crippen MR) is 284 cm³/mol. The van der Waals surface area contributed by atoms with Crippen LogP contribution in [-0.4, -0.2) is 37.2 Å². The standard InChI is InChI=1S/C60H108O6/c1-4-7-10-13-16-19-21-23-25-27-28-29-30-31-32-34-35-37-39-41-44-47-50-53-59(62)65-56-57(55-64-58(61)52-49-46-43-18-15-12-9-6-3)66-60(63)54-51-48-45-42-40-38-36-33-26-24-22-20-17-14-11-8-5-2/h21,23-24,26-28,30-31,57H,4-20,22,25,29,32-56H2,1-3H3/b23-21-,26-24-,28-27-,31-30-. The molecule has 0 aromatic heterocycles. The Kier molecular flexibility index (Phi) is 52.8. The molecule has 0 N–H and O–H groups in total. The van der Waals surface area contributed by atoms with Crippen molar-refractivity contribution in [1.29, 1.82) is 0 Å². The van der Waals surface area contributed by atoms with Gasteiger partial charge in [0.1, 0.15) is 13.2 Å². The van der Waals surface area contributed by atoms with Crippen molar-refractivity contribution >= 4 is 17.9 Å². The minimum absolute atomic E-state index is 0.0752. The van der Waals surface area contributed by atoms with E-state index in [1.165, 1.54) is 180 Å². The summed E-state index contributed by atoms with van der Waals surface area (Å²) in [5.74, 6) is -0.880. The molecule has 0 fully saturated rings. The third kappa shape index (κ3) is 52.3. The summed E-state index contributed by atoms with van der Waals surface area (Å²) in [5.41, 5.74) is 0. The highest BCUT2D eigenvalue weighted by molar-refractivity contribution is 5.71. The number of unbranched alkanes of at least 4 members (excludes halogenated alkanes) is 33. The van der Waals surface area contributed by atoms with Gasteiger partial charge in [0.15, 0.2) is 6.10 Å². The summed E-state index contributed by atoms with van der Waals surface area (Å²) in [6.07, 6.45) is 66.8. The van der Waals surface area contributed by atoms with Gasteiger partial charge in [-0.3, -0.25) is 14.4 Å². The minimum Gasteiger partial charge on any atom is -0.462 e. The third-order valence-corrected chi connectivity index (χ3v) is 12.6.